The Hall–Kier alpha value is -13.4. The summed E-state index contributed by atoms with van der Waals surface area (Å²) in [6.45, 7) is 6.25. The van der Waals surface area contributed by atoms with E-state index >= 15 is 0 Å². The summed E-state index contributed by atoms with van der Waals surface area (Å²) in [5.74, 6) is -7.39. The Kier molecular flexibility index (Phi) is 43.0. The second-order valence-electron chi connectivity index (χ2n) is 30.7. The van der Waals surface area contributed by atoms with Gasteiger partial charge in [-0.25, -0.2) is 18.2 Å². The Balaban J connectivity index is 0.000000214. The molecule has 688 valence electrons. The number of hydrogen-bond donors (Lipinski definition) is 18. The van der Waals surface area contributed by atoms with Crippen LogP contribution in [-0.4, -0.2) is 160 Å². The molecular formula is C95H116F3N21O10S. The fourth-order valence-corrected chi connectivity index (χ4v) is 13.9. The number of halogens is 3. The van der Waals surface area contributed by atoms with Crippen LogP contribution in [0.2, 0.25) is 0 Å². The van der Waals surface area contributed by atoms with E-state index in [0.717, 1.165) is 55.7 Å². The number of para-hydroxylation sites is 2. The minimum absolute atomic E-state index is 0.0223. The smallest absolute Gasteiger partial charge is 0.272 e. The van der Waals surface area contributed by atoms with Crippen molar-refractivity contribution >= 4 is 98.2 Å². The van der Waals surface area contributed by atoms with Crippen LogP contribution in [0.4, 0.5) is 24.5 Å². The van der Waals surface area contributed by atoms with Crippen molar-refractivity contribution in [2.45, 2.75) is 151 Å². The SMILES string of the molecule is C=C(/C=C1/C=CC=NC1)NC(=O)[C@@H](Cc1cc(F)c(F)c(F)c1)NC(=O)[C@@H](N)CCCN.NCCC[C@H](N)C(=O)N[C@H](CCc1ccccc1)C(=O)NCCc1nc(-c2ccccc2)ns1.NCCC[C@H](N)C(=O)N[C@H](CCc1ccccc1)C(=O)Nc1cc2ccccc2[nH]c1=O.NCCC[C@H](N)C(=O)N[C@H](CCc1ccccc1)C(=O)Nc1cc2ccccc2[nH]c1=O. The molecule has 0 saturated carbocycles. The van der Waals surface area contributed by atoms with Gasteiger partial charge < -0.3 is 98.4 Å². The Morgan fingerprint density at radius 3 is 1.24 bits per heavy atom. The van der Waals surface area contributed by atoms with E-state index < -0.39 is 112 Å². The third kappa shape index (κ3) is 34.7. The fourth-order valence-electron chi connectivity index (χ4n) is 13.3. The van der Waals surface area contributed by atoms with Gasteiger partial charge in [-0.2, -0.15) is 4.37 Å². The van der Waals surface area contributed by atoms with Crippen LogP contribution in [0, 0.1) is 17.5 Å². The lowest BCUT2D eigenvalue weighted by Crippen LogP contribution is -2.52. The van der Waals surface area contributed by atoms with Crippen LogP contribution in [0.25, 0.3) is 33.2 Å². The minimum atomic E-state index is -1.62. The average molecular weight is 1800 g/mol. The summed E-state index contributed by atoms with van der Waals surface area (Å²) >= 11 is 1.33. The van der Waals surface area contributed by atoms with E-state index in [4.69, 9.17) is 45.9 Å². The summed E-state index contributed by atoms with van der Waals surface area (Å²) in [5.41, 5.74) is 51.5. The number of pyridine rings is 2. The predicted molar refractivity (Wildman–Crippen MR) is 503 cm³/mol. The number of carbonyl (C=O) groups excluding carboxylic acids is 8. The number of aliphatic imine (C=N–C) groups is 1. The molecule has 35 heteroatoms. The largest absolute Gasteiger partial charge is 0.354 e. The van der Waals surface area contributed by atoms with E-state index in [1.165, 1.54) is 11.5 Å². The predicted octanol–water partition coefficient (Wildman–Crippen LogP) is 6.74. The summed E-state index contributed by atoms with van der Waals surface area (Å²) in [6, 6.07) is 51.6. The molecule has 0 radical (unpaired) electrons. The first-order valence-electron chi connectivity index (χ1n) is 42.9. The molecule has 1 aliphatic heterocycles. The molecule has 0 fully saturated rings. The van der Waals surface area contributed by atoms with Crippen molar-refractivity contribution in [3.05, 3.63) is 296 Å². The molecule has 3 aromatic heterocycles. The van der Waals surface area contributed by atoms with Crippen LogP contribution in [-0.2, 0) is 70.5 Å². The highest BCUT2D eigenvalue weighted by atomic mass is 32.1. The molecule has 8 atom stereocenters. The van der Waals surface area contributed by atoms with Gasteiger partial charge in [-0.3, -0.25) is 52.9 Å². The number of rotatable bonds is 43. The van der Waals surface area contributed by atoms with E-state index in [9.17, 15) is 61.1 Å². The molecule has 0 spiro atoms. The number of allylic oxidation sites excluding steroid dienone is 2. The summed E-state index contributed by atoms with van der Waals surface area (Å²) in [6.07, 6.45) is 14.0. The maximum Gasteiger partial charge on any atom is 0.272 e. The van der Waals surface area contributed by atoms with Crippen LogP contribution in [0.15, 0.2) is 245 Å². The van der Waals surface area contributed by atoms with E-state index in [-0.39, 0.29) is 40.9 Å². The molecule has 0 bridgehead atoms. The molecule has 1 aliphatic rings. The highest BCUT2D eigenvalue weighted by molar-refractivity contribution is 7.05. The number of nitrogens with two attached hydrogens (primary N) is 8. The first kappa shape index (κ1) is 102. The van der Waals surface area contributed by atoms with Crippen molar-refractivity contribution in [1.29, 1.82) is 0 Å². The molecule has 4 heterocycles. The van der Waals surface area contributed by atoms with E-state index in [2.05, 4.69) is 73.4 Å². The van der Waals surface area contributed by atoms with Crippen LogP contribution >= 0.6 is 11.5 Å². The quantitative estimate of drug-likeness (QED) is 0.0176. The number of amides is 8. The third-order valence-corrected chi connectivity index (χ3v) is 21.3. The highest BCUT2D eigenvalue weighted by Gasteiger charge is 2.30. The van der Waals surface area contributed by atoms with Gasteiger partial charge >= 0.3 is 0 Å². The number of fused-ring (bicyclic) bond motifs is 2. The summed E-state index contributed by atoms with van der Waals surface area (Å²) in [5, 5.41) is 24.0. The first-order chi connectivity index (χ1) is 62.7. The second kappa shape index (κ2) is 54.7. The number of nitrogens with zero attached hydrogens (tertiary/aromatic N) is 3. The van der Waals surface area contributed by atoms with Gasteiger partial charge in [0.25, 0.3) is 11.1 Å². The zero-order valence-electron chi connectivity index (χ0n) is 72.3. The zero-order chi connectivity index (χ0) is 93.7. The number of aromatic amines is 2. The van der Waals surface area contributed by atoms with E-state index in [1.54, 1.807) is 48.7 Å². The number of nitrogens with one attached hydrogen (secondary N) is 10. The Morgan fingerprint density at radius 2 is 0.838 bits per heavy atom. The number of dihydropyridines is 1. The van der Waals surface area contributed by atoms with Crippen LogP contribution < -0.4 is 99.5 Å². The standard InChI is InChI=1S/C25H32N6O2S.2C24H29N5O3.C22H26F3N5O2/c26-16-7-12-20(27)24(32)29-21(14-13-18-8-3-1-4-9-18)25(33)28-17-15-22-30-23(31-34-22)19-10-5-2-6-11-19;2*25-14-6-10-18(26)22(30)28-20(13-12-16-7-2-1-3-8-16)23(31)29-21-15-17-9-4-5-11-19(17)27-24(21)32;1-13(8-14-4-3-7-28-12-14)29-22(32)19(30-21(31)18(27)5-2-6-26)11-15-9-16(23)20(25)17(24)10-15/h1-6,8-11,20-21H,7,12-17,26-27H2,(H,28,33)(H,29,32);2*1-5,7-9,11,15,18,20H,6,10,12-14,25-26H2,(H,27,32)(H,28,30)(H,29,31);3-4,7-10,18-19H,1-2,5-6,11-12,26-27H2,(H,29,32)(H,30,31)/b;;;14-8-/t20-,21+;2*18-,20+;18-,19+/m0000/s1. The number of H-pyrrole nitrogens is 2. The van der Waals surface area contributed by atoms with Crippen molar-refractivity contribution < 1.29 is 51.5 Å². The van der Waals surface area contributed by atoms with Crippen LogP contribution in [0.5, 0.6) is 0 Å². The Bertz CT molecular complexity index is 5380. The van der Waals surface area contributed by atoms with Gasteiger partial charge in [-0.15, -0.1) is 0 Å². The number of benzene rings is 7. The second-order valence-corrected chi connectivity index (χ2v) is 31.6. The zero-order valence-corrected chi connectivity index (χ0v) is 73.1. The van der Waals surface area contributed by atoms with Crippen LogP contribution in [0.1, 0.15) is 97.9 Å². The van der Waals surface area contributed by atoms with E-state index in [0.29, 0.717) is 152 Å². The monoisotopic (exact) mass is 1800 g/mol. The molecule has 31 nitrogen and oxygen atoms in total. The molecule has 26 N–H and O–H groups in total. The van der Waals surface area contributed by atoms with Gasteiger partial charge in [0.1, 0.15) is 40.5 Å². The fraction of sp³-hybridized carbons (Fsp3) is 0.316. The van der Waals surface area contributed by atoms with Gasteiger partial charge in [0.15, 0.2) is 23.3 Å². The van der Waals surface area contributed by atoms with Gasteiger partial charge in [-0.05, 0) is 204 Å². The summed E-state index contributed by atoms with van der Waals surface area (Å²) in [4.78, 5) is 141. The maximum atomic E-state index is 13.6. The molecule has 10 aromatic rings. The first-order valence-corrected chi connectivity index (χ1v) is 43.7. The number of carbonyl (C=O) groups is 8. The van der Waals surface area contributed by atoms with Crippen molar-refractivity contribution in [2.24, 2.45) is 50.9 Å². The summed E-state index contributed by atoms with van der Waals surface area (Å²) < 4.78 is 44.9. The van der Waals surface area contributed by atoms with Gasteiger partial charge in [0, 0.05) is 58.7 Å². The molecule has 130 heavy (non-hydrogen) atoms. The topological polar surface area (TPSA) is 545 Å². The summed E-state index contributed by atoms with van der Waals surface area (Å²) in [7, 11) is 0. The van der Waals surface area contributed by atoms with Gasteiger partial charge in [-0.1, -0.05) is 170 Å². The average Bonchev–Trinajstić information content (AvgIpc) is 0.862. The lowest BCUT2D eigenvalue weighted by Gasteiger charge is -2.21. The Morgan fingerprint density at radius 1 is 0.454 bits per heavy atom. The van der Waals surface area contributed by atoms with Crippen molar-refractivity contribution in [2.75, 3.05) is 49.9 Å². The van der Waals surface area contributed by atoms with Crippen molar-refractivity contribution in [3.63, 3.8) is 0 Å². The lowest BCUT2D eigenvalue weighted by molar-refractivity contribution is -0.129. The molecule has 0 saturated heterocycles. The van der Waals surface area contributed by atoms with Crippen molar-refractivity contribution in [1.82, 2.24) is 51.2 Å². The molecular weight excluding hydrogens is 1680 g/mol. The maximum absolute atomic E-state index is 13.6. The number of anilines is 2. The molecule has 0 unspecified atom stereocenters. The van der Waals surface area contributed by atoms with Crippen LogP contribution in [0.3, 0.4) is 0 Å². The molecule has 11 rings (SSSR count). The van der Waals surface area contributed by atoms with E-state index in [1.807, 2.05) is 158 Å². The van der Waals surface area contributed by atoms with Gasteiger partial charge in [0.05, 0.1) is 30.7 Å². The number of aromatic nitrogens is 4. The van der Waals surface area contributed by atoms with Gasteiger partial charge in [0.2, 0.25) is 47.3 Å². The molecule has 0 aliphatic carbocycles. The third-order valence-electron chi connectivity index (χ3n) is 20.5. The van der Waals surface area contributed by atoms with Crippen molar-refractivity contribution in [3.8, 4) is 11.4 Å². The highest BCUT2D eigenvalue weighted by Crippen LogP contribution is 2.22. The lowest BCUT2D eigenvalue weighted by atomic mass is 10.0. The Labute approximate surface area is 755 Å². The normalized spacial score (nSPS) is 13.5. The number of aryl methyl sites for hydroxylation is 3. The molecule has 8 amide bonds. The number of hydrogen-bond acceptors (Lipinski definition) is 22. The minimum Gasteiger partial charge on any atom is -0.354 e. The molecule has 7 aromatic carbocycles.